The highest BCUT2D eigenvalue weighted by atomic mass is 19.4. The molecule has 2 rings (SSSR count). The van der Waals surface area contributed by atoms with E-state index in [2.05, 4.69) is 5.32 Å². The number of nitrogens with one attached hydrogen (secondary N) is 1. The first-order valence-corrected chi connectivity index (χ1v) is 7.02. The molecule has 0 heterocycles. The predicted octanol–water partition coefficient (Wildman–Crippen LogP) is 6.39. The van der Waals surface area contributed by atoms with Crippen molar-refractivity contribution in [3.8, 4) is 0 Å². The molecule has 24 heavy (non-hydrogen) atoms. The molecule has 0 radical (unpaired) electrons. The molecule has 0 fully saturated rings. The van der Waals surface area contributed by atoms with Gasteiger partial charge in [-0.15, -0.1) is 0 Å². The van der Waals surface area contributed by atoms with E-state index in [9.17, 15) is 26.3 Å². The van der Waals surface area contributed by atoms with Gasteiger partial charge in [0.1, 0.15) is 0 Å². The lowest BCUT2D eigenvalue weighted by molar-refractivity contribution is -0.143. The van der Waals surface area contributed by atoms with Gasteiger partial charge < -0.3 is 5.32 Å². The van der Waals surface area contributed by atoms with E-state index in [4.69, 9.17) is 0 Å². The number of anilines is 2. The van der Waals surface area contributed by atoms with Crippen molar-refractivity contribution in [2.24, 2.45) is 0 Å². The maximum Gasteiger partial charge on any atom is 0.416 e. The molecule has 0 bridgehead atoms. The van der Waals surface area contributed by atoms with Crippen molar-refractivity contribution in [3.63, 3.8) is 0 Å². The number of hydrogen-bond donors (Lipinski definition) is 1. The Bertz CT molecular complexity index is 703. The molecule has 1 N–H and O–H groups in total. The van der Waals surface area contributed by atoms with E-state index in [-0.39, 0.29) is 11.8 Å². The lowest BCUT2D eigenvalue weighted by Crippen LogP contribution is -2.11. The number of rotatable bonds is 2. The molecule has 2 aromatic rings. The van der Waals surface area contributed by atoms with Crippen molar-refractivity contribution in [2.45, 2.75) is 33.1 Å². The largest absolute Gasteiger partial charge is 0.416 e. The number of benzene rings is 2. The topological polar surface area (TPSA) is 12.0 Å². The summed E-state index contributed by atoms with van der Waals surface area (Å²) in [5.41, 5.74) is -0.0303. The van der Waals surface area contributed by atoms with Crippen LogP contribution >= 0.6 is 0 Å². The van der Waals surface area contributed by atoms with Crippen molar-refractivity contribution in [2.75, 3.05) is 5.32 Å². The Morgan fingerprint density at radius 3 is 1.46 bits per heavy atom. The van der Waals surface area contributed by atoms with Gasteiger partial charge in [-0.05, 0) is 50.1 Å². The van der Waals surface area contributed by atoms with E-state index in [0.29, 0.717) is 17.8 Å². The van der Waals surface area contributed by atoms with Crippen LogP contribution in [0.5, 0.6) is 0 Å². The van der Waals surface area contributed by atoms with Crippen molar-refractivity contribution >= 4 is 11.4 Å². The molecular weight excluding hydrogens is 332 g/mol. The molecule has 0 atom stereocenters. The van der Waals surface area contributed by atoms with Crippen molar-refractivity contribution in [1.82, 2.24) is 0 Å². The summed E-state index contributed by atoms with van der Waals surface area (Å²) in [6.45, 7) is 5.33. The Kier molecular flexibility index (Phi) is 4.57. The Balaban J connectivity index is 2.55. The summed E-state index contributed by atoms with van der Waals surface area (Å²) in [6.07, 6.45) is -9.73. The summed E-state index contributed by atoms with van der Waals surface area (Å²) in [6, 6.07) is 5.06. The molecule has 130 valence electrons. The molecule has 0 aromatic heterocycles. The summed E-state index contributed by atoms with van der Waals surface area (Å²) < 4.78 is 77.3. The predicted molar refractivity (Wildman–Crippen MR) is 80.4 cm³/mol. The molecule has 0 saturated carbocycles. The van der Waals surface area contributed by atoms with Gasteiger partial charge in [-0.3, -0.25) is 0 Å². The summed E-state index contributed by atoms with van der Waals surface area (Å²) in [5, 5.41) is 2.69. The lowest BCUT2D eigenvalue weighted by Gasteiger charge is -2.18. The summed E-state index contributed by atoms with van der Waals surface area (Å²) in [4.78, 5) is 0. The monoisotopic (exact) mass is 347 g/mol. The van der Waals surface area contributed by atoms with Gasteiger partial charge in [0.2, 0.25) is 0 Å². The Labute approximate surface area is 135 Å². The van der Waals surface area contributed by atoms with Crippen LogP contribution < -0.4 is 5.32 Å². The minimum Gasteiger partial charge on any atom is -0.355 e. The van der Waals surface area contributed by atoms with Gasteiger partial charge in [-0.25, -0.2) is 0 Å². The van der Waals surface area contributed by atoms with E-state index in [1.54, 1.807) is 26.0 Å². The van der Waals surface area contributed by atoms with E-state index >= 15 is 0 Å². The van der Waals surface area contributed by atoms with Crippen molar-refractivity contribution in [3.05, 3.63) is 58.1 Å². The average Bonchev–Trinajstić information content (AvgIpc) is 2.40. The van der Waals surface area contributed by atoms with Gasteiger partial charge in [-0.1, -0.05) is 17.7 Å². The highest BCUT2D eigenvalue weighted by Gasteiger charge is 2.37. The fourth-order valence-electron chi connectivity index (χ4n) is 2.55. The minimum absolute atomic E-state index is 0.111. The van der Waals surface area contributed by atoms with Crippen LogP contribution in [0.2, 0.25) is 0 Å². The highest BCUT2D eigenvalue weighted by Crippen LogP contribution is 2.38. The maximum atomic E-state index is 12.9. The zero-order valence-corrected chi connectivity index (χ0v) is 13.2. The standard InChI is InChI=1S/C17H15F6N/c1-9-4-10(2)15(11(3)5-9)24-14-7-12(16(18,19)20)6-13(8-14)17(21,22)23/h4-8,24H,1-3H3. The van der Waals surface area contributed by atoms with Crippen molar-refractivity contribution < 1.29 is 26.3 Å². The number of hydrogen-bond acceptors (Lipinski definition) is 1. The average molecular weight is 347 g/mol. The fourth-order valence-corrected chi connectivity index (χ4v) is 2.55. The first-order chi connectivity index (χ1) is 10.9. The molecule has 0 unspecified atom stereocenters. The molecule has 1 nitrogen and oxygen atoms in total. The molecule has 0 aliphatic heterocycles. The van der Waals surface area contributed by atoms with Gasteiger partial charge in [0.25, 0.3) is 0 Å². The highest BCUT2D eigenvalue weighted by molar-refractivity contribution is 5.68. The van der Waals surface area contributed by atoms with Crippen molar-refractivity contribution in [1.29, 1.82) is 0 Å². The van der Waals surface area contributed by atoms with Crippen LogP contribution in [-0.4, -0.2) is 0 Å². The summed E-state index contributed by atoms with van der Waals surface area (Å²) in [5.74, 6) is 0. The lowest BCUT2D eigenvalue weighted by atomic mass is 10.0. The second-order valence-corrected chi connectivity index (χ2v) is 5.69. The van der Waals surface area contributed by atoms with Gasteiger partial charge in [0.15, 0.2) is 0 Å². The molecule has 0 amide bonds. The second-order valence-electron chi connectivity index (χ2n) is 5.69. The SMILES string of the molecule is Cc1cc(C)c(Nc2cc(C(F)(F)F)cc(C(F)(F)F)c2)c(C)c1. The Hall–Kier alpha value is -2.18. The number of alkyl halides is 6. The van der Waals surface area contributed by atoms with E-state index < -0.39 is 23.5 Å². The number of halogens is 6. The van der Waals surface area contributed by atoms with E-state index in [0.717, 1.165) is 16.7 Å². The van der Waals surface area contributed by atoms with E-state index in [1.165, 1.54) is 0 Å². The van der Waals surface area contributed by atoms with Crippen LogP contribution in [0.3, 0.4) is 0 Å². The van der Waals surface area contributed by atoms with Gasteiger partial charge in [0, 0.05) is 11.4 Å². The van der Waals surface area contributed by atoms with E-state index in [1.807, 2.05) is 6.92 Å². The van der Waals surface area contributed by atoms with Crippen LogP contribution in [-0.2, 0) is 12.4 Å². The third-order valence-corrected chi connectivity index (χ3v) is 3.53. The summed E-state index contributed by atoms with van der Waals surface area (Å²) in [7, 11) is 0. The molecule has 0 aliphatic rings. The van der Waals surface area contributed by atoms with Crippen LogP contribution in [0.1, 0.15) is 27.8 Å². The Morgan fingerprint density at radius 1 is 0.667 bits per heavy atom. The minimum atomic E-state index is -4.87. The zero-order valence-electron chi connectivity index (χ0n) is 13.2. The third kappa shape index (κ3) is 4.01. The van der Waals surface area contributed by atoms with Crippen LogP contribution in [0.15, 0.2) is 30.3 Å². The normalized spacial score (nSPS) is 12.4. The third-order valence-electron chi connectivity index (χ3n) is 3.53. The second kappa shape index (κ2) is 6.03. The molecule has 0 saturated heterocycles. The molecule has 2 aromatic carbocycles. The molecular formula is C17H15F6N. The first-order valence-electron chi connectivity index (χ1n) is 7.02. The summed E-state index contributed by atoms with van der Waals surface area (Å²) >= 11 is 0. The van der Waals surface area contributed by atoms with Gasteiger partial charge >= 0.3 is 12.4 Å². The maximum absolute atomic E-state index is 12.9. The Morgan fingerprint density at radius 2 is 1.08 bits per heavy atom. The smallest absolute Gasteiger partial charge is 0.355 e. The fraction of sp³-hybridized carbons (Fsp3) is 0.294. The number of aryl methyl sites for hydroxylation is 3. The van der Waals surface area contributed by atoms with Gasteiger partial charge in [0.05, 0.1) is 11.1 Å². The van der Waals surface area contributed by atoms with Crippen LogP contribution in [0, 0.1) is 20.8 Å². The molecule has 7 heteroatoms. The first kappa shape index (κ1) is 18.2. The molecule has 0 spiro atoms. The van der Waals surface area contributed by atoms with Gasteiger partial charge in [-0.2, -0.15) is 26.3 Å². The quantitative estimate of drug-likeness (QED) is 0.621. The van der Waals surface area contributed by atoms with Crippen LogP contribution in [0.25, 0.3) is 0 Å². The van der Waals surface area contributed by atoms with Crippen LogP contribution in [0.4, 0.5) is 37.7 Å². The molecule has 0 aliphatic carbocycles. The zero-order chi connectivity index (χ0) is 18.3.